The van der Waals surface area contributed by atoms with E-state index in [2.05, 4.69) is 6.58 Å². The average Bonchev–Trinajstić information content (AvgIpc) is 2.28. The Bertz CT molecular complexity index is 352. The van der Waals surface area contributed by atoms with Gasteiger partial charge in [-0.25, -0.2) is 4.79 Å². The van der Waals surface area contributed by atoms with Crippen molar-refractivity contribution < 1.29 is 24.6 Å². The molecule has 0 aromatic carbocycles. The minimum Gasteiger partial charge on any atom is -0.481 e. The van der Waals surface area contributed by atoms with Crippen LogP contribution in [0.4, 0.5) is 0 Å². The summed E-state index contributed by atoms with van der Waals surface area (Å²) >= 11 is 0. The van der Waals surface area contributed by atoms with Gasteiger partial charge in [-0.15, -0.1) is 6.58 Å². The average molecular weight is 241 g/mol. The molecule has 1 fully saturated rings. The van der Waals surface area contributed by atoms with E-state index in [4.69, 9.17) is 10.2 Å². The third kappa shape index (κ3) is 2.83. The van der Waals surface area contributed by atoms with Gasteiger partial charge in [0, 0.05) is 13.0 Å². The summed E-state index contributed by atoms with van der Waals surface area (Å²) in [5.74, 6) is -3.86. The molecule has 1 aliphatic rings. The molecule has 6 nitrogen and oxygen atoms in total. The van der Waals surface area contributed by atoms with Gasteiger partial charge in [-0.3, -0.25) is 9.59 Å². The number of hydrogen-bond donors (Lipinski definition) is 2. The maximum Gasteiger partial charge on any atom is 0.327 e. The Hall–Kier alpha value is -1.85. The summed E-state index contributed by atoms with van der Waals surface area (Å²) in [7, 11) is 0. The zero-order valence-corrected chi connectivity index (χ0v) is 9.33. The van der Waals surface area contributed by atoms with Gasteiger partial charge in [0.05, 0.1) is 5.92 Å². The first-order chi connectivity index (χ1) is 7.99. The molecule has 1 saturated heterocycles. The summed E-state index contributed by atoms with van der Waals surface area (Å²) in [5, 5.41) is 18.0. The molecule has 0 bridgehead atoms. The zero-order chi connectivity index (χ0) is 13.0. The van der Waals surface area contributed by atoms with Crippen LogP contribution in [0.1, 0.15) is 19.3 Å². The van der Waals surface area contributed by atoms with Crippen molar-refractivity contribution >= 4 is 17.8 Å². The van der Waals surface area contributed by atoms with Crippen molar-refractivity contribution in [1.82, 2.24) is 4.90 Å². The van der Waals surface area contributed by atoms with Crippen LogP contribution in [0, 0.1) is 5.92 Å². The summed E-state index contributed by atoms with van der Waals surface area (Å²) < 4.78 is 0. The minimum atomic E-state index is -1.27. The molecule has 0 aliphatic carbocycles. The van der Waals surface area contributed by atoms with Crippen molar-refractivity contribution in [2.24, 2.45) is 5.92 Å². The molecule has 6 heteroatoms. The van der Waals surface area contributed by atoms with Gasteiger partial charge in [0.1, 0.15) is 6.04 Å². The standard InChI is InChI=1S/C11H15NO5/c1-2-4-8(13)12-6-3-5-7(10(14)15)9(12)11(16)17/h2,7,9H,1,3-6H2,(H,14,15)(H,16,17). The molecule has 94 valence electrons. The fourth-order valence-corrected chi connectivity index (χ4v) is 2.08. The highest BCUT2D eigenvalue weighted by atomic mass is 16.4. The molecule has 0 aromatic rings. The van der Waals surface area contributed by atoms with Crippen LogP contribution < -0.4 is 0 Å². The molecule has 0 spiro atoms. The molecule has 1 heterocycles. The van der Waals surface area contributed by atoms with E-state index in [1.807, 2.05) is 0 Å². The largest absolute Gasteiger partial charge is 0.481 e. The highest BCUT2D eigenvalue weighted by Gasteiger charge is 2.42. The van der Waals surface area contributed by atoms with E-state index in [9.17, 15) is 14.4 Å². The normalized spacial score (nSPS) is 24.1. The number of aliphatic carboxylic acids is 2. The van der Waals surface area contributed by atoms with E-state index in [0.29, 0.717) is 6.42 Å². The number of amides is 1. The van der Waals surface area contributed by atoms with Crippen LogP contribution in [0.3, 0.4) is 0 Å². The molecular formula is C11H15NO5. The molecule has 0 saturated carbocycles. The van der Waals surface area contributed by atoms with Crippen molar-refractivity contribution in [2.45, 2.75) is 25.3 Å². The Balaban J connectivity index is 2.94. The van der Waals surface area contributed by atoms with Crippen LogP contribution in [-0.2, 0) is 14.4 Å². The van der Waals surface area contributed by atoms with E-state index in [1.165, 1.54) is 6.08 Å². The van der Waals surface area contributed by atoms with Gasteiger partial charge in [-0.1, -0.05) is 6.08 Å². The monoisotopic (exact) mass is 241 g/mol. The molecule has 2 N–H and O–H groups in total. The lowest BCUT2D eigenvalue weighted by Crippen LogP contribution is -2.54. The summed E-state index contributed by atoms with van der Waals surface area (Å²) in [6.45, 7) is 3.69. The van der Waals surface area contributed by atoms with E-state index in [0.717, 1.165) is 4.90 Å². The SMILES string of the molecule is C=CCC(=O)N1CCCC(C(=O)O)C1C(=O)O. The first-order valence-electron chi connectivity index (χ1n) is 5.35. The summed E-state index contributed by atoms with van der Waals surface area (Å²) in [5.41, 5.74) is 0. The van der Waals surface area contributed by atoms with Gasteiger partial charge in [0.2, 0.25) is 5.91 Å². The van der Waals surface area contributed by atoms with Crippen molar-refractivity contribution in [1.29, 1.82) is 0 Å². The molecule has 2 unspecified atom stereocenters. The second kappa shape index (κ2) is 5.47. The smallest absolute Gasteiger partial charge is 0.327 e. The number of carboxylic acids is 2. The molecule has 1 amide bonds. The van der Waals surface area contributed by atoms with E-state index in [1.54, 1.807) is 0 Å². The number of carboxylic acid groups (broad SMARTS) is 2. The zero-order valence-electron chi connectivity index (χ0n) is 9.33. The van der Waals surface area contributed by atoms with Crippen LogP contribution in [0.15, 0.2) is 12.7 Å². The van der Waals surface area contributed by atoms with Gasteiger partial charge >= 0.3 is 11.9 Å². The highest BCUT2D eigenvalue weighted by molar-refractivity contribution is 5.88. The third-order valence-electron chi connectivity index (χ3n) is 2.84. The van der Waals surface area contributed by atoms with Crippen LogP contribution >= 0.6 is 0 Å². The highest BCUT2D eigenvalue weighted by Crippen LogP contribution is 2.25. The van der Waals surface area contributed by atoms with Gasteiger partial charge < -0.3 is 15.1 Å². The lowest BCUT2D eigenvalue weighted by molar-refractivity contribution is -0.162. The maximum atomic E-state index is 11.7. The predicted octanol–water partition coefficient (Wildman–Crippen LogP) is 0.339. The number of piperidine rings is 1. The fourth-order valence-electron chi connectivity index (χ4n) is 2.08. The Morgan fingerprint density at radius 3 is 2.41 bits per heavy atom. The molecule has 1 aliphatic heterocycles. The summed E-state index contributed by atoms with van der Waals surface area (Å²) in [6.07, 6.45) is 2.19. The number of hydrogen-bond acceptors (Lipinski definition) is 3. The van der Waals surface area contributed by atoms with Gasteiger partial charge in [0.15, 0.2) is 0 Å². The quantitative estimate of drug-likeness (QED) is 0.692. The minimum absolute atomic E-state index is 0.0239. The number of carbonyl (C=O) groups excluding carboxylic acids is 1. The molecule has 17 heavy (non-hydrogen) atoms. The van der Waals surface area contributed by atoms with E-state index >= 15 is 0 Å². The van der Waals surface area contributed by atoms with Gasteiger partial charge in [0.25, 0.3) is 0 Å². The Morgan fingerprint density at radius 2 is 1.94 bits per heavy atom. The van der Waals surface area contributed by atoms with Crippen molar-refractivity contribution in [3.8, 4) is 0 Å². The van der Waals surface area contributed by atoms with Crippen molar-refractivity contribution in [2.75, 3.05) is 6.54 Å². The van der Waals surface area contributed by atoms with Gasteiger partial charge in [-0.2, -0.15) is 0 Å². The van der Waals surface area contributed by atoms with Crippen LogP contribution in [0.5, 0.6) is 0 Å². The Kier molecular flexibility index (Phi) is 4.25. The molecule has 2 atom stereocenters. The lowest BCUT2D eigenvalue weighted by atomic mass is 9.89. The molecular weight excluding hydrogens is 226 g/mol. The molecule has 0 aromatic heterocycles. The van der Waals surface area contributed by atoms with E-state index < -0.39 is 29.8 Å². The summed E-state index contributed by atoms with van der Waals surface area (Å²) in [4.78, 5) is 34.9. The van der Waals surface area contributed by atoms with E-state index in [-0.39, 0.29) is 19.4 Å². The number of rotatable bonds is 4. The summed E-state index contributed by atoms with van der Waals surface area (Å²) in [6, 6.07) is -1.27. The fraction of sp³-hybridized carbons (Fsp3) is 0.545. The van der Waals surface area contributed by atoms with Crippen molar-refractivity contribution in [3.63, 3.8) is 0 Å². The second-order valence-electron chi connectivity index (χ2n) is 3.95. The second-order valence-corrected chi connectivity index (χ2v) is 3.95. The van der Waals surface area contributed by atoms with Crippen molar-refractivity contribution in [3.05, 3.63) is 12.7 Å². The predicted molar refractivity (Wildman–Crippen MR) is 58.3 cm³/mol. The molecule has 0 radical (unpaired) electrons. The number of carbonyl (C=O) groups is 3. The maximum absolute atomic E-state index is 11.7. The first-order valence-corrected chi connectivity index (χ1v) is 5.35. The lowest BCUT2D eigenvalue weighted by Gasteiger charge is -2.36. The number of nitrogens with zero attached hydrogens (tertiary/aromatic N) is 1. The topological polar surface area (TPSA) is 94.9 Å². The third-order valence-corrected chi connectivity index (χ3v) is 2.84. The Morgan fingerprint density at radius 1 is 1.29 bits per heavy atom. The first kappa shape index (κ1) is 13.2. The van der Waals surface area contributed by atoms with Crippen LogP contribution in [0.2, 0.25) is 0 Å². The van der Waals surface area contributed by atoms with Gasteiger partial charge in [-0.05, 0) is 12.8 Å². The van der Waals surface area contributed by atoms with Crippen LogP contribution in [0.25, 0.3) is 0 Å². The van der Waals surface area contributed by atoms with Crippen LogP contribution in [-0.4, -0.2) is 45.5 Å². The number of likely N-dealkylation sites (tertiary alicyclic amines) is 1. The molecule has 1 rings (SSSR count). The Labute approximate surface area is 98.5 Å².